The van der Waals surface area contributed by atoms with E-state index in [-0.39, 0.29) is 11.8 Å². The molecule has 1 N–H and O–H groups in total. The number of nitrogens with one attached hydrogen (secondary N) is 1. The van der Waals surface area contributed by atoms with Gasteiger partial charge in [-0.1, -0.05) is 51.1 Å². The first-order chi connectivity index (χ1) is 11.6. The molecule has 0 aliphatic heterocycles. The van der Waals surface area contributed by atoms with Crippen LogP contribution in [0.2, 0.25) is 0 Å². The Hall–Kier alpha value is -2.04. The largest absolute Gasteiger partial charge is 0.444 e. The van der Waals surface area contributed by atoms with Crippen LogP contribution in [0.1, 0.15) is 53.5 Å². The molecular weight excluding hydrogens is 316 g/mol. The zero-order valence-corrected chi connectivity index (χ0v) is 16.3. The van der Waals surface area contributed by atoms with Gasteiger partial charge in [0.2, 0.25) is 5.91 Å². The minimum Gasteiger partial charge on any atom is -0.444 e. The normalized spacial score (nSPS) is 12.6. The summed E-state index contributed by atoms with van der Waals surface area (Å²) in [6, 6.07) is 9.27. The highest BCUT2D eigenvalue weighted by Crippen LogP contribution is 2.13. The van der Waals surface area contributed by atoms with Crippen molar-refractivity contribution in [2.45, 2.75) is 66.2 Å². The number of amides is 2. The first-order valence-corrected chi connectivity index (χ1v) is 8.96. The lowest BCUT2D eigenvalue weighted by Gasteiger charge is -2.30. The maximum Gasteiger partial charge on any atom is 0.408 e. The first-order valence-electron chi connectivity index (χ1n) is 8.96. The topological polar surface area (TPSA) is 58.6 Å². The van der Waals surface area contributed by atoms with Gasteiger partial charge in [-0.3, -0.25) is 4.79 Å². The smallest absolute Gasteiger partial charge is 0.408 e. The molecule has 0 saturated carbocycles. The summed E-state index contributed by atoms with van der Waals surface area (Å²) in [5.41, 5.74) is 0.478. The highest BCUT2D eigenvalue weighted by molar-refractivity contribution is 5.86. The molecule has 0 radical (unpaired) electrons. The number of ether oxygens (including phenoxy) is 1. The van der Waals surface area contributed by atoms with Gasteiger partial charge < -0.3 is 15.0 Å². The minimum absolute atomic E-state index is 0.0323. The van der Waals surface area contributed by atoms with Gasteiger partial charge in [-0.15, -0.1) is 0 Å². The van der Waals surface area contributed by atoms with Crippen LogP contribution in [0.15, 0.2) is 30.3 Å². The Balaban J connectivity index is 2.87. The molecule has 1 aromatic carbocycles. The van der Waals surface area contributed by atoms with Crippen molar-refractivity contribution in [2.24, 2.45) is 5.92 Å². The van der Waals surface area contributed by atoms with Gasteiger partial charge in [-0.2, -0.15) is 0 Å². The van der Waals surface area contributed by atoms with E-state index >= 15 is 0 Å². The second kappa shape index (κ2) is 9.44. The summed E-state index contributed by atoms with van der Waals surface area (Å²) < 4.78 is 5.31. The number of rotatable bonds is 7. The molecule has 0 bridgehead atoms. The maximum absolute atomic E-state index is 13.0. The molecular formula is C20H32N2O3. The van der Waals surface area contributed by atoms with Gasteiger partial charge >= 0.3 is 6.09 Å². The summed E-state index contributed by atoms with van der Waals surface area (Å²) in [6.45, 7) is 12.5. The van der Waals surface area contributed by atoms with Crippen LogP contribution in [0.25, 0.3) is 0 Å². The molecule has 0 heterocycles. The van der Waals surface area contributed by atoms with Crippen molar-refractivity contribution in [1.82, 2.24) is 10.2 Å². The molecule has 0 aliphatic carbocycles. The molecule has 140 valence electrons. The van der Waals surface area contributed by atoms with Gasteiger partial charge in [0.05, 0.1) is 0 Å². The van der Waals surface area contributed by atoms with Gasteiger partial charge in [0, 0.05) is 13.1 Å². The van der Waals surface area contributed by atoms with Crippen molar-refractivity contribution in [3.63, 3.8) is 0 Å². The fourth-order valence-corrected chi connectivity index (χ4v) is 2.49. The Bertz CT molecular complexity index is 550. The maximum atomic E-state index is 13.0. The third kappa shape index (κ3) is 7.59. The van der Waals surface area contributed by atoms with E-state index in [1.165, 1.54) is 0 Å². The van der Waals surface area contributed by atoms with E-state index in [1.807, 2.05) is 51.1 Å². The zero-order chi connectivity index (χ0) is 19.0. The van der Waals surface area contributed by atoms with E-state index in [0.29, 0.717) is 13.1 Å². The SMILES string of the molecule is CCCN(Cc1ccccc1)C(=O)C(NC(=O)OC(C)(C)C)C(C)C. The minimum atomic E-state index is -0.606. The van der Waals surface area contributed by atoms with Crippen LogP contribution >= 0.6 is 0 Å². The number of carbonyl (C=O) groups excluding carboxylic acids is 2. The standard InChI is InChI=1S/C20H32N2O3/c1-7-13-22(14-16-11-9-8-10-12-16)18(23)17(15(2)3)21-19(24)25-20(4,5)6/h8-12,15,17H,7,13-14H2,1-6H3,(H,21,24). The van der Waals surface area contributed by atoms with Crippen molar-refractivity contribution in [3.8, 4) is 0 Å². The van der Waals surface area contributed by atoms with E-state index in [9.17, 15) is 9.59 Å². The van der Waals surface area contributed by atoms with Gasteiger partial charge in [0.25, 0.3) is 0 Å². The number of hydrogen-bond donors (Lipinski definition) is 1. The fourth-order valence-electron chi connectivity index (χ4n) is 2.49. The van der Waals surface area contributed by atoms with Crippen molar-refractivity contribution in [3.05, 3.63) is 35.9 Å². The first kappa shape index (κ1) is 21.0. The molecule has 5 nitrogen and oxygen atoms in total. The fraction of sp³-hybridized carbons (Fsp3) is 0.600. The Morgan fingerprint density at radius 3 is 2.24 bits per heavy atom. The average Bonchev–Trinajstić information content (AvgIpc) is 2.50. The lowest BCUT2D eigenvalue weighted by Crippen LogP contribution is -2.52. The molecule has 0 aromatic heterocycles. The summed E-state index contributed by atoms with van der Waals surface area (Å²) in [5, 5.41) is 2.75. The summed E-state index contributed by atoms with van der Waals surface area (Å²) >= 11 is 0. The molecule has 1 aromatic rings. The lowest BCUT2D eigenvalue weighted by atomic mass is 10.0. The van der Waals surface area contributed by atoms with Crippen molar-refractivity contribution < 1.29 is 14.3 Å². The summed E-state index contributed by atoms with van der Waals surface area (Å²) in [4.78, 5) is 27.0. The van der Waals surface area contributed by atoms with E-state index < -0.39 is 17.7 Å². The van der Waals surface area contributed by atoms with E-state index in [1.54, 1.807) is 25.7 Å². The molecule has 0 aliphatic rings. The van der Waals surface area contributed by atoms with E-state index in [0.717, 1.165) is 12.0 Å². The number of benzene rings is 1. The molecule has 25 heavy (non-hydrogen) atoms. The van der Waals surface area contributed by atoms with Gasteiger partial charge in [-0.25, -0.2) is 4.79 Å². The van der Waals surface area contributed by atoms with Crippen molar-refractivity contribution in [2.75, 3.05) is 6.54 Å². The van der Waals surface area contributed by atoms with Crippen LogP contribution in [0.5, 0.6) is 0 Å². The van der Waals surface area contributed by atoms with Crippen LogP contribution < -0.4 is 5.32 Å². The van der Waals surface area contributed by atoms with Crippen LogP contribution in [-0.2, 0) is 16.1 Å². The predicted octanol–water partition coefficient (Wildman–Crippen LogP) is 3.97. The molecule has 5 heteroatoms. The Morgan fingerprint density at radius 2 is 1.76 bits per heavy atom. The third-order valence-electron chi connectivity index (χ3n) is 3.63. The predicted molar refractivity (Wildman–Crippen MR) is 100 cm³/mol. The number of nitrogens with zero attached hydrogens (tertiary/aromatic N) is 1. The second-order valence-electron chi connectivity index (χ2n) is 7.61. The van der Waals surface area contributed by atoms with Crippen LogP contribution in [0.4, 0.5) is 4.79 Å². The van der Waals surface area contributed by atoms with E-state index in [4.69, 9.17) is 4.74 Å². The van der Waals surface area contributed by atoms with Crippen LogP contribution in [0, 0.1) is 5.92 Å². The molecule has 1 unspecified atom stereocenters. The molecule has 1 atom stereocenters. The van der Waals surface area contributed by atoms with Crippen LogP contribution in [0.3, 0.4) is 0 Å². The van der Waals surface area contributed by atoms with E-state index in [2.05, 4.69) is 5.32 Å². The number of hydrogen-bond acceptors (Lipinski definition) is 3. The Labute approximate surface area is 151 Å². The zero-order valence-electron chi connectivity index (χ0n) is 16.3. The quantitative estimate of drug-likeness (QED) is 0.811. The Morgan fingerprint density at radius 1 is 1.16 bits per heavy atom. The molecule has 0 saturated heterocycles. The average molecular weight is 348 g/mol. The lowest BCUT2D eigenvalue weighted by molar-refractivity contribution is -0.135. The number of alkyl carbamates (subject to hydrolysis) is 1. The summed E-state index contributed by atoms with van der Waals surface area (Å²) in [6.07, 6.45) is 0.297. The van der Waals surface area contributed by atoms with Gasteiger partial charge in [0.1, 0.15) is 11.6 Å². The molecule has 0 spiro atoms. The third-order valence-corrected chi connectivity index (χ3v) is 3.63. The monoisotopic (exact) mass is 348 g/mol. The Kier molecular flexibility index (Phi) is 7.94. The highest BCUT2D eigenvalue weighted by Gasteiger charge is 2.30. The molecule has 0 fully saturated rings. The van der Waals surface area contributed by atoms with Crippen molar-refractivity contribution in [1.29, 1.82) is 0 Å². The van der Waals surface area contributed by atoms with Crippen LogP contribution in [-0.4, -0.2) is 35.1 Å². The summed E-state index contributed by atoms with van der Waals surface area (Å²) in [5.74, 6) is -0.110. The second-order valence-corrected chi connectivity index (χ2v) is 7.61. The molecule has 2 amide bonds. The number of carbonyl (C=O) groups is 2. The summed E-state index contributed by atoms with van der Waals surface area (Å²) in [7, 11) is 0. The van der Waals surface area contributed by atoms with Crippen molar-refractivity contribution >= 4 is 12.0 Å². The van der Waals surface area contributed by atoms with Gasteiger partial charge in [-0.05, 0) is 38.7 Å². The highest BCUT2D eigenvalue weighted by atomic mass is 16.6. The molecule has 1 rings (SSSR count). The van der Waals surface area contributed by atoms with Gasteiger partial charge in [0.15, 0.2) is 0 Å².